The number of nitrogens with zero attached hydrogens (tertiary/aromatic N) is 4. The van der Waals surface area contributed by atoms with E-state index in [4.69, 9.17) is 11.0 Å². The third-order valence-electron chi connectivity index (χ3n) is 2.00. The highest BCUT2D eigenvalue weighted by Gasteiger charge is 2.12. The van der Waals surface area contributed by atoms with Crippen LogP contribution in [0.1, 0.15) is 20.3 Å². The predicted octanol–water partition coefficient (Wildman–Crippen LogP) is 1.19. The van der Waals surface area contributed by atoms with E-state index in [9.17, 15) is 0 Å². The highest BCUT2D eigenvalue weighted by molar-refractivity contribution is 5.38. The highest BCUT2D eigenvalue weighted by Crippen LogP contribution is 2.11. The zero-order valence-electron chi connectivity index (χ0n) is 9.01. The molecule has 0 aliphatic heterocycles. The summed E-state index contributed by atoms with van der Waals surface area (Å²) in [5.41, 5.74) is 6.05. The maximum Gasteiger partial charge on any atom is 0.225 e. The Kier molecular flexibility index (Phi) is 3.86. The van der Waals surface area contributed by atoms with Gasteiger partial charge in [-0.3, -0.25) is 0 Å². The summed E-state index contributed by atoms with van der Waals surface area (Å²) >= 11 is 0. The van der Waals surface area contributed by atoms with Crippen LogP contribution in [-0.4, -0.2) is 22.6 Å². The van der Waals surface area contributed by atoms with Gasteiger partial charge in [0.1, 0.15) is 0 Å². The molecule has 15 heavy (non-hydrogen) atoms. The summed E-state index contributed by atoms with van der Waals surface area (Å²) in [7, 11) is 0. The lowest BCUT2D eigenvalue weighted by Gasteiger charge is -2.25. The molecule has 80 valence electrons. The molecule has 0 spiro atoms. The molecule has 0 unspecified atom stereocenters. The van der Waals surface area contributed by atoms with Gasteiger partial charge in [-0.1, -0.05) is 0 Å². The number of aromatic nitrogens is 2. The first kappa shape index (κ1) is 11.2. The lowest BCUT2D eigenvalue weighted by atomic mass is 10.3. The molecule has 1 aromatic heterocycles. The van der Waals surface area contributed by atoms with E-state index < -0.39 is 0 Å². The second kappa shape index (κ2) is 5.15. The van der Waals surface area contributed by atoms with Gasteiger partial charge in [0, 0.05) is 12.6 Å². The maximum atomic E-state index is 8.55. The molecule has 1 aromatic rings. The monoisotopic (exact) mass is 205 g/mol. The Morgan fingerprint density at radius 3 is 2.53 bits per heavy atom. The minimum Gasteiger partial charge on any atom is -0.396 e. The lowest BCUT2D eigenvalue weighted by Crippen LogP contribution is -2.33. The topological polar surface area (TPSA) is 78.8 Å². The smallest absolute Gasteiger partial charge is 0.225 e. The van der Waals surface area contributed by atoms with Crippen LogP contribution in [0.5, 0.6) is 0 Å². The molecule has 1 heterocycles. The number of nitrogen functional groups attached to an aromatic ring is 1. The summed E-state index contributed by atoms with van der Waals surface area (Å²) in [6.45, 7) is 4.71. The molecule has 0 saturated heterocycles. The fraction of sp³-hybridized carbons (Fsp3) is 0.500. The van der Waals surface area contributed by atoms with Crippen molar-refractivity contribution in [3.8, 4) is 6.07 Å². The van der Waals surface area contributed by atoms with Crippen molar-refractivity contribution in [2.24, 2.45) is 0 Å². The van der Waals surface area contributed by atoms with Gasteiger partial charge in [-0.15, -0.1) is 0 Å². The minimum absolute atomic E-state index is 0.266. The van der Waals surface area contributed by atoms with E-state index in [-0.39, 0.29) is 6.04 Å². The van der Waals surface area contributed by atoms with Crippen LogP contribution >= 0.6 is 0 Å². The van der Waals surface area contributed by atoms with Crippen LogP contribution in [0, 0.1) is 11.3 Å². The Morgan fingerprint density at radius 2 is 2.07 bits per heavy atom. The molecule has 0 radical (unpaired) electrons. The first-order valence-electron chi connectivity index (χ1n) is 4.86. The zero-order chi connectivity index (χ0) is 11.3. The Balaban J connectivity index is 2.80. The van der Waals surface area contributed by atoms with Gasteiger partial charge in [0.25, 0.3) is 0 Å². The predicted molar refractivity (Wildman–Crippen MR) is 59.2 cm³/mol. The van der Waals surface area contributed by atoms with Crippen LogP contribution in [0.4, 0.5) is 11.6 Å². The molecule has 0 atom stereocenters. The van der Waals surface area contributed by atoms with Crippen LogP contribution in [-0.2, 0) is 0 Å². The van der Waals surface area contributed by atoms with Crippen molar-refractivity contribution in [2.75, 3.05) is 17.2 Å². The molecule has 0 fully saturated rings. The van der Waals surface area contributed by atoms with E-state index in [1.807, 2.05) is 18.7 Å². The Hall–Kier alpha value is -1.83. The number of hydrogen-bond donors (Lipinski definition) is 1. The Morgan fingerprint density at radius 1 is 1.47 bits per heavy atom. The summed E-state index contributed by atoms with van der Waals surface area (Å²) in [5.74, 6) is 0.620. The van der Waals surface area contributed by atoms with Gasteiger partial charge >= 0.3 is 0 Å². The third kappa shape index (κ3) is 3.09. The van der Waals surface area contributed by atoms with Gasteiger partial charge in [0.2, 0.25) is 5.95 Å². The Bertz CT molecular complexity index is 338. The van der Waals surface area contributed by atoms with Gasteiger partial charge in [-0.2, -0.15) is 5.26 Å². The van der Waals surface area contributed by atoms with Crippen LogP contribution in [0.2, 0.25) is 0 Å². The van der Waals surface area contributed by atoms with Crippen molar-refractivity contribution in [3.63, 3.8) is 0 Å². The summed E-state index contributed by atoms with van der Waals surface area (Å²) in [6, 6.07) is 2.38. The van der Waals surface area contributed by atoms with Crippen LogP contribution in [0.15, 0.2) is 12.4 Å². The summed E-state index contributed by atoms with van der Waals surface area (Å²) in [5, 5.41) is 8.55. The average molecular weight is 205 g/mol. The van der Waals surface area contributed by atoms with E-state index in [2.05, 4.69) is 16.0 Å². The zero-order valence-corrected chi connectivity index (χ0v) is 9.01. The van der Waals surface area contributed by atoms with Gasteiger partial charge < -0.3 is 10.6 Å². The number of anilines is 2. The minimum atomic E-state index is 0.266. The molecule has 0 saturated carbocycles. The number of nitrogens with two attached hydrogens (primary N) is 1. The first-order chi connectivity index (χ1) is 7.15. The first-order valence-corrected chi connectivity index (χ1v) is 4.86. The SMILES string of the molecule is CC(C)N(CCC#N)c1ncc(N)cn1. The fourth-order valence-electron chi connectivity index (χ4n) is 1.24. The summed E-state index contributed by atoms with van der Waals surface area (Å²) in [4.78, 5) is 10.2. The molecule has 1 rings (SSSR count). The third-order valence-corrected chi connectivity index (χ3v) is 2.00. The van der Waals surface area contributed by atoms with E-state index in [0.717, 1.165) is 0 Å². The van der Waals surface area contributed by atoms with Gasteiger partial charge in [0.05, 0.1) is 30.6 Å². The maximum absolute atomic E-state index is 8.55. The van der Waals surface area contributed by atoms with Crippen LogP contribution < -0.4 is 10.6 Å². The Labute approximate surface area is 89.6 Å². The molecule has 0 aliphatic carbocycles. The van der Waals surface area contributed by atoms with Crippen molar-refractivity contribution in [2.45, 2.75) is 26.3 Å². The number of hydrogen-bond acceptors (Lipinski definition) is 5. The van der Waals surface area contributed by atoms with Crippen molar-refractivity contribution in [1.82, 2.24) is 9.97 Å². The molecule has 0 aromatic carbocycles. The molecule has 2 N–H and O–H groups in total. The van der Waals surface area contributed by atoms with E-state index >= 15 is 0 Å². The summed E-state index contributed by atoms with van der Waals surface area (Å²) in [6.07, 6.45) is 3.61. The van der Waals surface area contributed by atoms with Gasteiger partial charge in [-0.05, 0) is 13.8 Å². The van der Waals surface area contributed by atoms with Crippen LogP contribution in [0.25, 0.3) is 0 Å². The van der Waals surface area contributed by atoms with E-state index in [0.29, 0.717) is 24.6 Å². The molecule has 0 amide bonds. The van der Waals surface area contributed by atoms with Crippen molar-refractivity contribution < 1.29 is 0 Å². The van der Waals surface area contributed by atoms with Crippen molar-refractivity contribution >= 4 is 11.6 Å². The standard InChI is InChI=1S/C10H15N5/c1-8(2)15(5-3-4-11)10-13-6-9(12)7-14-10/h6-8H,3,5,12H2,1-2H3. The molecular formula is C10H15N5. The highest BCUT2D eigenvalue weighted by atomic mass is 15.3. The molecule has 5 heteroatoms. The van der Waals surface area contributed by atoms with Crippen LogP contribution in [0.3, 0.4) is 0 Å². The van der Waals surface area contributed by atoms with E-state index in [1.165, 1.54) is 0 Å². The van der Waals surface area contributed by atoms with E-state index in [1.54, 1.807) is 12.4 Å². The second-order valence-electron chi connectivity index (χ2n) is 3.51. The molecule has 5 nitrogen and oxygen atoms in total. The summed E-state index contributed by atoms with van der Waals surface area (Å²) < 4.78 is 0. The quantitative estimate of drug-likeness (QED) is 0.798. The number of nitriles is 1. The average Bonchev–Trinajstić information content (AvgIpc) is 2.21. The fourth-order valence-corrected chi connectivity index (χ4v) is 1.24. The largest absolute Gasteiger partial charge is 0.396 e. The van der Waals surface area contributed by atoms with Gasteiger partial charge in [-0.25, -0.2) is 9.97 Å². The second-order valence-corrected chi connectivity index (χ2v) is 3.51. The van der Waals surface area contributed by atoms with Crippen molar-refractivity contribution in [1.29, 1.82) is 5.26 Å². The number of rotatable bonds is 4. The molecule has 0 aliphatic rings. The normalized spacial score (nSPS) is 10.0. The molecular weight excluding hydrogens is 190 g/mol. The van der Waals surface area contributed by atoms with Crippen molar-refractivity contribution in [3.05, 3.63) is 12.4 Å². The molecule has 0 bridgehead atoms. The lowest BCUT2D eigenvalue weighted by molar-refractivity contribution is 0.665. The van der Waals surface area contributed by atoms with Gasteiger partial charge in [0.15, 0.2) is 0 Å².